The van der Waals surface area contributed by atoms with E-state index in [1.54, 1.807) is 24.4 Å². The number of anilines is 1. The number of carbonyl (C=O) groups is 2. The van der Waals surface area contributed by atoms with E-state index in [9.17, 15) is 22.8 Å². The van der Waals surface area contributed by atoms with Crippen LogP contribution in [-0.2, 0) is 22.2 Å². The van der Waals surface area contributed by atoms with Gasteiger partial charge in [0.1, 0.15) is 0 Å². The Labute approximate surface area is 146 Å². The van der Waals surface area contributed by atoms with E-state index in [1.807, 2.05) is 0 Å². The molecular formula is C16H13ClF3N3O2. The van der Waals surface area contributed by atoms with Gasteiger partial charge in [-0.2, -0.15) is 13.2 Å². The standard InChI is InChI=1S/C16H13ClF3N3O2/c17-13-5-4-11(9-12(13)16(18,19)20)23-15(25)14(24)22-8-6-10-3-1-2-7-21-10/h1-5,7,9H,6,8H2,(H,22,24)(H,23,25). The lowest BCUT2D eigenvalue weighted by Crippen LogP contribution is -2.36. The largest absolute Gasteiger partial charge is 0.417 e. The molecule has 9 heteroatoms. The van der Waals surface area contributed by atoms with Crippen LogP contribution in [-0.4, -0.2) is 23.3 Å². The highest BCUT2D eigenvalue weighted by molar-refractivity contribution is 6.39. The Hall–Kier alpha value is -2.61. The van der Waals surface area contributed by atoms with Crippen molar-refractivity contribution in [2.24, 2.45) is 0 Å². The number of amides is 2. The van der Waals surface area contributed by atoms with Gasteiger partial charge in [0.25, 0.3) is 0 Å². The summed E-state index contributed by atoms with van der Waals surface area (Å²) in [6, 6.07) is 8.14. The number of nitrogens with one attached hydrogen (secondary N) is 2. The Morgan fingerprint density at radius 3 is 2.52 bits per heavy atom. The van der Waals surface area contributed by atoms with Crippen molar-refractivity contribution in [3.8, 4) is 0 Å². The molecule has 0 unspecified atom stereocenters. The van der Waals surface area contributed by atoms with Gasteiger partial charge in [-0.25, -0.2) is 0 Å². The van der Waals surface area contributed by atoms with Crippen LogP contribution in [0, 0.1) is 0 Å². The van der Waals surface area contributed by atoms with Crippen LogP contribution in [0.25, 0.3) is 0 Å². The van der Waals surface area contributed by atoms with Crippen LogP contribution in [0.15, 0.2) is 42.6 Å². The molecule has 0 saturated heterocycles. The Bertz CT molecular complexity index is 767. The Kier molecular flexibility index (Phi) is 5.97. The second kappa shape index (κ2) is 7.98. The van der Waals surface area contributed by atoms with E-state index in [1.165, 1.54) is 6.07 Å². The van der Waals surface area contributed by atoms with Gasteiger partial charge < -0.3 is 10.6 Å². The predicted molar refractivity (Wildman–Crippen MR) is 86.0 cm³/mol. The summed E-state index contributed by atoms with van der Waals surface area (Å²) in [5, 5.41) is 3.98. The number of benzene rings is 1. The number of hydrogen-bond acceptors (Lipinski definition) is 3. The maximum Gasteiger partial charge on any atom is 0.417 e. The highest BCUT2D eigenvalue weighted by atomic mass is 35.5. The number of hydrogen-bond donors (Lipinski definition) is 2. The molecule has 0 aliphatic heterocycles. The molecule has 0 radical (unpaired) electrons. The molecule has 132 valence electrons. The maximum atomic E-state index is 12.8. The number of carbonyl (C=O) groups excluding carboxylic acids is 2. The first-order valence-electron chi connectivity index (χ1n) is 7.13. The van der Waals surface area contributed by atoms with Gasteiger partial charge in [0, 0.05) is 30.5 Å². The molecule has 5 nitrogen and oxygen atoms in total. The average molecular weight is 372 g/mol. The Morgan fingerprint density at radius 1 is 1.12 bits per heavy atom. The molecule has 2 rings (SSSR count). The van der Waals surface area contributed by atoms with Gasteiger partial charge in [0.15, 0.2) is 0 Å². The van der Waals surface area contributed by atoms with E-state index in [0.717, 1.165) is 11.8 Å². The summed E-state index contributed by atoms with van der Waals surface area (Å²) in [7, 11) is 0. The number of pyridine rings is 1. The third-order valence-corrected chi connectivity index (χ3v) is 3.46. The van der Waals surface area contributed by atoms with Crippen molar-refractivity contribution in [3.05, 3.63) is 58.9 Å². The van der Waals surface area contributed by atoms with Crippen LogP contribution >= 0.6 is 11.6 Å². The lowest BCUT2D eigenvalue weighted by molar-refractivity contribution is -0.137. The molecule has 1 heterocycles. The molecule has 1 aromatic carbocycles. The molecule has 2 aromatic rings. The van der Waals surface area contributed by atoms with Crippen molar-refractivity contribution in [3.63, 3.8) is 0 Å². The Morgan fingerprint density at radius 2 is 1.88 bits per heavy atom. The molecule has 0 spiro atoms. The molecule has 0 aliphatic rings. The zero-order valence-corrected chi connectivity index (χ0v) is 13.5. The number of alkyl halides is 3. The second-order valence-electron chi connectivity index (χ2n) is 4.97. The van der Waals surface area contributed by atoms with Gasteiger partial charge in [-0.15, -0.1) is 0 Å². The van der Waals surface area contributed by atoms with Crippen molar-refractivity contribution in [2.75, 3.05) is 11.9 Å². The van der Waals surface area contributed by atoms with Crippen molar-refractivity contribution in [1.82, 2.24) is 10.3 Å². The van der Waals surface area contributed by atoms with Crippen molar-refractivity contribution in [2.45, 2.75) is 12.6 Å². The minimum atomic E-state index is -4.66. The normalized spacial score (nSPS) is 11.0. The zero-order valence-electron chi connectivity index (χ0n) is 12.7. The third-order valence-electron chi connectivity index (χ3n) is 3.13. The first-order chi connectivity index (χ1) is 11.8. The Balaban J connectivity index is 1.92. The number of aromatic nitrogens is 1. The van der Waals surface area contributed by atoms with Crippen LogP contribution in [0.5, 0.6) is 0 Å². The number of halogens is 4. The third kappa shape index (κ3) is 5.46. The van der Waals surface area contributed by atoms with Gasteiger partial charge in [-0.3, -0.25) is 14.6 Å². The topological polar surface area (TPSA) is 71.1 Å². The first-order valence-corrected chi connectivity index (χ1v) is 7.51. The molecule has 1 aromatic heterocycles. The lowest BCUT2D eigenvalue weighted by Gasteiger charge is -2.11. The molecular weight excluding hydrogens is 359 g/mol. The van der Waals surface area contributed by atoms with Crippen LogP contribution in [0.2, 0.25) is 5.02 Å². The first kappa shape index (κ1) is 18.7. The molecule has 0 saturated carbocycles. The fraction of sp³-hybridized carbons (Fsp3) is 0.188. The molecule has 2 amide bonds. The minimum absolute atomic E-state index is 0.164. The maximum absolute atomic E-state index is 12.8. The highest BCUT2D eigenvalue weighted by Gasteiger charge is 2.33. The minimum Gasteiger partial charge on any atom is -0.347 e. The quantitative estimate of drug-likeness (QED) is 0.811. The highest BCUT2D eigenvalue weighted by Crippen LogP contribution is 2.36. The van der Waals surface area contributed by atoms with Gasteiger partial charge in [-0.1, -0.05) is 17.7 Å². The fourth-order valence-corrected chi connectivity index (χ4v) is 2.16. The zero-order chi connectivity index (χ0) is 18.4. The number of nitrogens with zero attached hydrogens (tertiary/aromatic N) is 1. The van der Waals surface area contributed by atoms with Gasteiger partial charge >= 0.3 is 18.0 Å². The molecule has 0 bridgehead atoms. The smallest absolute Gasteiger partial charge is 0.347 e. The van der Waals surface area contributed by atoms with E-state index < -0.39 is 28.6 Å². The van der Waals surface area contributed by atoms with E-state index in [-0.39, 0.29) is 12.2 Å². The van der Waals surface area contributed by atoms with E-state index in [4.69, 9.17) is 11.6 Å². The summed E-state index contributed by atoms with van der Waals surface area (Å²) < 4.78 is 38.3. The van der Waals surface area contributed by atoms with Crippen molar-refractivity contribution >= 4 is 29.1 Å². The SMILES string of the molecule is O=C(NCCc1ccccn1)C(=O)Nc1ccc(Cl)c(C(F)(F)F)c1. The lowest BCUT2D eigenvalue weighted by atomic mass is 10.2. The second-order valence-corrected chi connectivity index (χ2v) is 5.38. The number of rotatable bonds is 4. The summed E-state index contributed by atoms with van der Waals surface area (Å²) in [6.45, 7) is 0.164. The van der Waals surface area contributed by atoms with Gasteiger partial charge in [0.2, 0.25) is 0 Å². The average Bonchev–Trinajstić information content (AvgIpc) is 2.56. The summed E-state index contributed by atoms with van der Waals surface area (Å²) >= 11 is 5.49. The van der Waals surface area contributed by atoms with Crippen LogP contribution in [0.3, 0.4) is 0 Å². The molecule has 25 heavy (non-hydrogen) atoms. The van der Waals surface area contributed by atoms with E-state index in [0.29, 0.717) is 12.5 Å². The van der Waals surface area contributed by atoms with Crippen LogP contribution in [0.4, 0.5) is 18.9 Å². The van der Waals surface area contributed by atoms with Gasteiger partial charge in [-0.05, 0) is 30.3 Å². The van der Waals surface area contributed by atoms with Crippen molar-refractivity contribution < 1.29 is 22.8 Å². The van der Waals surface area contributed by atoms with E-state index >= 15 is 0 Å². The summed E-state index contributed by atoms with van der Waals surface area (Å²) in [4.78, 5) is 27.5. The summed E-state index contributed by atoms with van der Waals surface area (Å²) in [5.41, 5.74) is -0.542. The molecule has 0 aliphatic carbocycles. The van der Waals surface area contributed by atoms with Gasteiger partial charge in [0.05, 0.1) is 10.6 Å². The molecule has 0 fully saturated rings. The van der Waals surface area contributed by atoms with Crippen LogP contribution in [0.1, 0.15) is 11.3 Å². The van der Waals surface area contributed by atoms with E-state index in [2.05, 4.69) is 15.6 Å². The van der Waals surface area contributed by atoms with Crippen molar-refractivity contribution in [1.29, 1.82) is 0 Å². The molecule has 2 N–H and O–H groups in total. The monoisotopic (exact) mass is 371 g/mol. The summed E-state index contributed by atoms with van der Waals surface area (Å²) in [6.07, 6.45) is -2.65. The molecule has 0 atom stereocenters. The van der Waals surface area contributed by atoms with Crippen LogP contribution < -0.4 is 10.6 Å². The fourth-order valence-electron chi connectivity index (χ4n) is 1.94. The predicted octanol–water partition coefficient (Wildman–Crippen LogP) is 3.05. The summed E-state index contributed by atoms with van der Waals surface area (Å²) in [5.74, 6) is -2.03.